The molecule has 0 spiro atoms. The lowest BCUT2D eigenvalue weighted by Crippen LogP contribution is -2.52. The fourth-order valence-electron chi connectivity index (χ4n) is 4.37. The molecule has 0 N–H and O–H groups in total. The van der Waals surface area contributed by atoms with Crippen molar-refractivity contribution >= 4 is 11.9 Å². The van der Waals surface area contributed by atoms with Crippen molar-refractivity contribution in [1.29, 1.82) is 0 Å². The molecule has 2 aromatic carbocycles. The lowest BCUT2D eigenvalue weighted by Gasteiger charge is -2.45. The number of fused-ring (bicyclic) bond motifs is 1. The summed E-state index contributed by atoms with van der Waals surface area (Å²) in [5, 5.41) is 0. The predicted octanol–water partition coefficient (Wildman–Crippen LogP) is 3.25. The van der Waals surface area contributed by atoms with Gasteiger partial charge in [-0.3, -0.25) is 14.5 Å². The van der Waals surface area contributed by atoms with Crippen LogP contribution in [0.25, 0.3) is 0 Å². The molecule has 1 unspecified atom stereocenters. The highest BCUT2D eigenvalue weighted by atomic mass is 16.7. The van der Waals surface area contributed by atoms with Crippen molar-refractivity contribution in [3.05, 3.63) is 71.8 Å². The molecule has 0 saturated carbocycles. The van der Waals surface area contributed by atoms with Crippen molar-refractivity contribution in [2.45, 2.75) is 19.0 Å². The van der Waals surface area contributed by atoms with Crippen LogP contribution in [0.15, 0.2) is 60.7 Å². The van der Waals surface area contributed by atoms with Crippen LogP contribution in [0.2, 0.25) is 0 Å². The third kappa shape index (κ3) is 3.65. The summed E-state index contributed by atoms with van der Waals surface area (Å²) in [7, 11) is 2.54. The van der Waals surface area contributed by atoms with Gasteiger partial charge in [-0.15, -0.1) is 0 Å². The normalized spacial score (nSPS) is 19.7. The van der Waals surface area contributed by atoms with E-state index in [2.05, 4.69) is 11.5 Å². The van der Waals surface area contributed by atoms with E-state index in [1.165, 1.54) is 14.2 Å². The van der Waals surface area contributed by atoms with Gasteiger partial charge in [0, 0.05) is 19.1 Å². The molecule has 0 aromatic heterocycles. The highest BCUT2D eigenvalue weighted by molar-refractivity contribution is 6.03. The summed E-state index contributed by atoms with van der Waals surface area (Å²) < 4.78 is 21.1. The monoisotopic (exact) mass is 423 g/mol. The van der Waals surface area contributed by atoms with E-state index in [0.29, 0.717) is 30.2 Å². The minimum Gasteiger partial charge on any atom is -0.468 e. The van der Waals surface area contributed by atoms with Crippen molar-refractivity contribution in [2.75, 3.05) is 27.6 Å². The summed E-state index contributed by atoms with van der Waals surface area (Å²) in [6, 6.07) is 15.4. The van der Waals surface area contributed by atoms with E-state index in [4.69, 9.17) is 18.9 Å². The van der Waals surface area contributed by atoms with Crippen LogP contribution in [0.1, 0.15) is 23.6 Å². The minimum absolute atomic E-state index is 0.150. The van der Waals surface area contributed by atoms with Crippen molar-refractivity contribution in [3.8, 4) is 11.5 Å². The molecule has 2 aromatic rings. The molecule has 7 nitrogen and oxygen atoms in total. The number of esters is 2. The fraction of sp³-hybridized carbons (Fsp3) is 0.333. The zero-order valence-electron chi connectivity index (χ0n) is 17.6. The molecular formula is C24H25NO6. The Balaban J connectivity index is 1.77. The highest BCUT2D eigenvalue weighted by Crippen LogP contribution is 2.48. The van der Waals surface area contributed by atoms with Gasteiger partial charge in [0.05, 0.1) is 14.2 Å². The van der Waals surface area contributed by atoms with Crippen LogP contribution in [-0.4, -0.2) is 44.4 Å². The molecule has 2 aliphatic heterocycles. The summed E-state index contributed by atoms with van der Waals surface area (Å²) in [4.78, 5) is 28.0. The van der Waals surface area contributed by atoms with E-state index < -0.39 is 17.4 Å². The zero-order valence-corrected chi connectivity index (χ0v) is 17.6. The second-order valence-electron chi connectivity index (χ2n) is 7.72. The van der Waals surface area contributed by atoms with Crippen molar-refractivity contribution in [1.82, 2.24) is 4.90 Å². The molecule has 1 fully saturated rings. The Morgan fingerprint density at radius 1 is 1.06 bits per heavy atom. The third-order valence-corrected chi connectivity index (χ3v) is 6.02. The number of piperidine rings is 1. The Morgan fingerprint density at radius 3 is 2.42 bits per heavy atom. The first-order chi connectivity index (χ1) is 15.0. The van der Waals surface area contributed by atoms with Crippen LogP contribution in [0.5, 0.6) is 11.5 Å². The quantitative estimate of drug-likeness (QED) is 0.415. The van der Waals surface area contributed by atoms with Crippen LogP contribution >= 0.6 is 0 Å². The molecule has 0 amide bonds. The van der Waals surface area contributed by atoms with Gasteiger partial charge in [-0.1, -0.05) is 43.0 Å². The number of ether oxygens (including phenoxy) is 4. The number of nitrogens with zero attached hydrogens (tertiary/aromatic N) is 1. The molecule has 162 valence electrons. The van der Waals surface area contributed by atoms with E-state index in [-0.39, 0.29) is 19.3 Å². The topological polar surface area (TPSA) is 74.3 Å². The van der Waals surface area contributed by atoms with Crippen molar-refractivity contribution in [2.24, 2.45) is 5.41 Å². The predicted molar refractivity (Wildman–Crippen MR) is 112 cm³/mol. The Labute approximate surface area is 181 Å². The molecule has 1 atom stereocenters. The van der Waals surface area contributed by atoms with E-state index in [1.807, 2.05) is 48.5 Å². The number of likely N-dealkylation sites (tertiary alicyclic amines) is 1. The molecule has 4 rings (SSSR count). The molecular weight excluding hydrogens is 398 g/mol. The fourth-order valence-corrected chi connectivity index (χ4v) is 4.37. The lowest BCUT2D eigenvalue weighted by molar-refractivity contribution is -0.169. The van der Waals surface area contributed by atoms with Gasteiger partial charge < -0.3 is 18.9 Å². The van der Waals surface area contributed by atoms with Crippen LogP contribution in [0, 0.1) is 5.41 Å². The molecule has 0 radical (unpaired) electrons. The number of hydrogen-bond donors (Lipinski definition) is 0. The van der Waals surface area contributed by atoms with E-state index >= 15 is 0 Å². The van der Waals surface area contributed by atoms with Gasteiger partial charge in [0.1, 0.15) is 0 Å². The molecule has 2 heterocycles. The molecule has 7 heteroatoms. The second-order valence-corrected chi connectivity index (χ2v) is 7.72. The number of carbonyl (C=O) groups is 2. The molecule has 1 saturated heterocycles. The van der Waals surface area contributed by atoms with E-state index in [0.717, 1.165) is 11.1 Å². The minimum atomic E-state index is -1.57. The van der Waals surface area contributed by atoms with Gasteiger partial charge in [-0.2, -0.15) is 0 Å². The number of rotatable bonds is 5. The van der Waals surface area contributed by atoms with Gasteiger partial charge in [-0.25, -0.2) is 0 Å². The Hall–Kier alpha value is -3.32. The van der Waals surface area contributed by atoms with Gasteiger partial charge >= 0.3 is 11.9 Å². The maximum atomic E-state index is 12.9. The first-order valence-electron chi connectivity index (χ1n) is 10.0. The van der Waals surface area contributed by atoms with E-state index in [9.17, 15) is 9.59 Å². The summed E-state index contributed by atoms with van der Waals surface area (Å²) in [5.41, 5.74) is 0.909. The van der Waals surface area contributed by atoms with E-state index in [1.54, 1.807) is 0 Å². The first kappa shape index (κ1) is 20.9. The third-order valence-electron chi connectivity index (χ3n) is 6.02. The number of carbonyl (C=O) groups excluding carboxylic acids is 2. The van der Waals surface area contributed by atoms with Gasteiger partial charge in [-0.05, 0) is 35.3 Å². The molecule has 0 bridgehead atoms. The number of benzene rings is 2. The first-order valence-corrected chi connectivity index (χ1v) is 10.0. The van der Waals surface area contributed by atoms with Crippen molar-refractivity contribution in [3.63, 3.8) is 0 Å². The van der Waals surface area contributed by atoms with Crippen LogP contribution < -0.4 is 9.47 Å². The van der Waals surface area contributed by atoms with Crippen LogP contribution in [0.3, 0.4) is 0 Å². The largest absolute Gasteiger partial charge is 0.468 e. The second kappa shape index (κ2) is 8.43. The molecule has 2 aliphatic rings. The maximum Gasteiger partial charge on any atom is 0.327 e. The zero-order chi connectivity index (χ0) is 22.0. The SMILES string of the molecule is C=C1CN(Cc2ccccc2)C(c2ccc3c(c2)OCO3)CC1(C(=O)OC)C(=O)OC. The highest BCUT2D eigenvalue weighted by Gasteiger charge is 2.56. The summed E-state index contributed by atoms with van der Waals surface area (Å²) in [6.07, 6.45) is 0.150. The van der Waals surface area contributed by atoms with Gasteiger partial charge in [0.15, 0.2) is 16.9 Å². The standard InChI is InChI=1S/C24H25NO6/c1-16-13-25(14-17-7-5-4-6-8-17)19(12-24(16,22(26)28-2)23(27)29-3)18-9-10-20-21(11-18)31-15-30-20/h4-11,19H,1,12-15H2,2-3H3. The van der Waals surface area contributed by atoms with Crippen molar-refractivity contribution < 1.29 is 28.5 Å². The average molecular weight is 423 g/mol. The van der Waals surface area contributed by atoms with Crippen LogP contribution in [0.4, 0.5) is 0 Å². The average Bonchev–Trinajstić information content (AvgIpc) is 3.27. The maximum absolute atomic E-state index is 12.9. The van der Waals surface area contributed by atoms with Gasteiger partial charge in [0.25, 0.3) is 0 Å². The van der Waals surface area contributed by atoms with Crippen LogP contribution in [-0.2, 0) is 25.6 Å². The number of methoxy groups -OCH3 is 2. The smallest absolute Gasteiger partial charge is 0.327 e. The van der Waals surface area contributed by atoms with Gasteiger partial charge in [0.2, 0.25) is 6.79 Å². The summed E-state index contributed by atoms with van der Waals surface area (Å²) >= 11 is 0. The Bertz CT molecular complexity index is 986. The summed E-state index contributed by atoms with van der Waals surface area (Å²) in [5.74, 6) is -0.00187. The lowest BCUT2D eigenvalue weighted by atomic mass is 9.70. The summed E-state index contributed by atoms with van der Waals surface area (Å²) in [6.45, 7) is 5.22. The number of hydrogen-bond acceptors (Lipinski definition) is 7. The Kier molecular flexibility index (Phi) is 5.69. The molecule has 31 heavy (non-hydrogen) atoms. The Morgan fingerprint density at radius 2 is 1.74 bits per heavy atom. The molecule has 0 aliphatic carbocycles.